The number of aryl methyl sites for hydroxylation is 2. The molecule has 2 aromatic rings. The molecule has 0 atom stereocenters. The molecule has 0 aromatic heterocycles. The molecule has 67 valence electrons. The molecular weight excluding hydrogens is 183 g/mol. The van der Waals surface area contributed by atoms with Gasteiger partial charge in [-0.25, -0.2) is 0 Å². The van der Waals surface area contributed by atoms with Gasteiger partial charge in [-0.2, -0.15) is 0 Å². The van der Waals surface area contributed by atoms with Gasteiger partial charge in [0.05, 0.1) is 0 Å². The molecule has 14 heavy (non-hydrogen) atoms. The van der Waals surface area contributed by atoms with Gasteiger partial charge < -0.3 is 5.11 Å². The summed E-state index contributed by atoms with van der Waals surface area (Å²) < 4.78 is 0. The van der Waals surface area contributed by atoms with Gasteiger partial charge in [0.15, 0.2) is 0 Å². The van der Waals surface area contributed by atoms with Crippen LogP contribution < -0.4 is 0 Å². The Morgan fingerprint density at radius 1 is 0.857 bits per heavy atom. The van der Waals surface area contributed by atoms with E-state index in [0.29, 0.717) is 5.75 Å². The predicted octanol–water partition coefficient (Wildman–Crippen LogP) is 2.78. The van der Waals surface area contributed by atoms with Gasteiger partial charge in [0.1, 0.15) is 5.75 Å². The topological polar surface area (TPSA) is 20.2 Å². The van der Waals surface area contributed by atoms with Crippen LogP contribution >= 0.6 is 0 Å². The summed E-state index contributed by atoms with van der Waals surface area (Å²) in [5, 5.41) is 11.9. The molecule has 0 aliphatic carbocycles. The average molecular weight is 195 g/mol. The molecule has 2 aromatic carbocycles. The summed E-state index contributed by atoms with van der Waals surface area (Å²) in [6.45, 7) is 3.97. The van der Waals surface area contributed by atoms with Crippen molar-refractivity contribution in [3.8, 4) is 5.75 Å². The standard InChI is InChI=1S/C12H12O.Na/c1-8-4-3-5-11-10(8)7-6-9(2)12(11)13;/h3-7,13H,1-2H3;. The minimum atomic E-state index is 0. The Kier molecular flexibility index (Phi) is 3.59. The number of rotatable bonds is 0. The van der Waals surface area contributed by atoms with Gasteiger partial charge in [-0.1, -0.05) is 30.3 Å². The maximum absolute atomic E-state index is 9.78. The minimum Gasteiger partial charge on any atom is -0.507 e. The molecule has 0 aliphatic rings. The first-order valence-electron chi connectivity index (χ1n) is 4.38. The maximum Gasteiger partial charge on any atom is 0.126 e. The van der Waals surface area contributed by atoms with Crippen molar-refractivity contribution in [1.29, 1.82) is 0 Å². The van der Waals surface area contributed by atoms with Gasteiger partial charge in [-0.05, 0) is 30.4 Å². The van der Waals surface area contributed by atoms with Crippen molar-refractivity contribution < 1.29 is 5.11 Å². The smallest absolute Gasteiger partial charge is 0.126 e. The number of fused-ring (bicyclic) bond motifs is 1. The van der Waals surface area contributed by atoms with Crippen molar-refractivity contribution in [3.63, 3.8) is 0 Å². The zero-order valence-corrected chi connectivity index (χ0v) is 10.8. The first kappa shape index (κ1) is 11.6. The molecule has 0 spiro atoms. The van der Waals surface area contributed by atoms with Crippen LogP contribution in [-0.2, 0) is 0 Å². The SMILES string of the molecule is Cc1ccc2c(C)cccc2c1O.[Na]. The van der Waals surface area contributed by atoms with Gasteiger partial charge in [0, 0.05) is 34.9 Å². The van der Waals surface area contributed by atoms with Crippen LogP contribution in [-0.4, -0.2) is 34.7 Å². The monoisotopic (exact) mass is 195 g/mol. The van der Waals surface area contributed by atoms with Crippen LogP contribution in [0.1, 0.15) is 11.1 Å². The summed E-state index contributed by atoms with van der Waals surface area (Å²) in [6, 6.07) is 9.98. The Morgan fingerprint density at radius 2 is 1.57 bits per heavy atom. The van der Waals surface area contributed by atoms with Crippen LogP contribution in [0.3, 0.4) is 0 Å². The van der Waals surface area contributed by atoms with Crippen LogP contribution in [0.15, 0.2) is 30.3 Å². The second kappa shape index (κ2) is 4.35. The van der Waals surface area contributed by atoms with Crippen LogP contribution in [0.4, 0.5) is 0 Å². The Hall–Kier alpha value is -0.500. The van der Waals surface area contributed by atoms with E-state index in [1.54, 1.807) is 0 Å². The zero-order chi connectivity index (χ0) is 9.42. The van der Waals surface area contributed by atoms with Gasteiger partial charge in [0.2, 0.25) is 0 Å². The first-order chi connectivity index (χ1) is 6.20. The quantitative estimate of drug-likeness (QED) is 0.641. The van der Waals surface area contributed by atoms with E-state index in [2.05, 4.69) is 19.1 Å². The van der Waals surface area contributed by atoms with Crippen molar-refractivity contribution in [2.24, 2.45) is 0 Å². The summed E-state index contributed by atoms with van der Waals surface area (Å²) in [4.78, 5) is 0. The van der Waals surface area contributed by atoms with E-state index in [1.165, 1.54) is 5.56 Å². The third kappa shape index (κ3) is 1.81. The molecule has 2 heteroatoms. The molecular formula is C12H12NaO. The summed E-state index contributed by atoms with van der Waals surface area (Å²) in [5.41, 5.74) is 2.13. The first-order valence-corrected chi connectivity index (χ1v) is 4.38. The van der Waals surface area contributed by atoms with E-state index in [1.807, 2.05) is 25.1 Å². The molecule has 1 N–H and O–H groups in total. The predicted molar refractivity (Wildman–Crippen MR) is 60.8 cm³/mol. The fraction of sp³-hybridized carbons (Fsp3) is 0.167. The van der Waals surface area contributed by atoms with E-state index in [0.717, 1.165) is 16.3 Å². The Bertz CT molecular complexity index is 463. The largest absolute Gasteiger partial charge is 0.507 e. The molecule has 0 heterocycles. The Morgan fingerprint density at radius 3 is 2.29 bits per heavy atom. The summed E-state index contributed by atoms with van der Waals surface area (Å²) in [7, 11) is 0. The molecule has 2 rings (SSSR count). The normalized spacial score (nSPS) is 9.86. The molecule has 0 amide bonds. The van der Waals surface area contributed by atoms with Gasteiger partial charge >= 0.3 is 0 Å². The van der Waals surface area contributed by atoms with E-state index < -0.39 is 0 Å². The van der Waals surface area contributed by atoms with Crippen LogP contribution in [0.2, 0.25) is 0 Å². The van der Waals surface area contributed by atoms with E-state index >= 15 is 0 Å². The fourth-order valence-electron chi connectivity index (χ4n) is 1.61. The number of phenolic OH excluding ortho intramolecular Hbond substituents is 1. The number of benzene rings is 2. The number of hydrogen-bond acceptors (Lipinski definition) is 1. The molecule has 1 radical (unpaired) electrons. The summed E-state index contributed by atoms with van der Waals surface area (Å²) >= 11 is 0. The number of hydrogen-bond donors (Lipinski definition) is 1. The summed E-state index contributed by atoms with van der Waals surface area (Å²) in [5.74, 6) is 0.404. The van der Waals surface area contributed by atoms with Crippen molar-refractivity contribution in [2.45, 2.75) is 13.8 Å². The maximum atomic E-state index is 9.78. The molecule has 0 aliphatic heterocycles. The molecule has 0 fully saturated rings. The van der Waals surface area contributed by atoms with Crippen molar-refractivity contribution >= 4 is 40.3 Å². The fourth-order valence-corrected chi connectivity index (χ4v) is 1.61. The van der Waals surface area contributed by atoms with Gasteiger partial charge in [0.25, 0.3) is 0 Å². The summed E-state index contributed by atoms with van der Waals surface area (Å²) in [6.07, 6.45) is 0. The number of aromatic hydroxyl groups is 1. The van der Waals surface area contributed by atoms with Crippen LogP contribution in [0.25, 0.3) is 10.8 Å². The van der Waals surface area contributed by atoms with Crippen LogP contribution in [0.5, 0.6) is 5.75 Å². The van der Waals surface area contributed by atoms with Crippen molar-refractivity contribution in [3.05, 3.63) is 41.5 Å². The zero-order valence-electron chi connectivity index (χ0n) is 8.83. The second-order valence-electron chi connectivity index (χ2n) is 3.40. The molecule has 0 saturated heterocycles. The Balaban J connectivity index is 0.000000980. The van der Waals surface area contributed by atoms with E-state index in [9.17, 15) is 5.11 Å². The molecule has 0 unspecified atom stereocenters. The third-order valence-electron chi connectivity index (χ3n) is 2.45. The third-order valence-corrected chi connectivity index (χ3v) is 2.45. The molecule has 0 saturated carbocycles. The van der Waals surface area contributed by atoms with E-state index in [4.69, 9.17) is 0 Å². The van der Waals surface area contributed by atoms with Gasteiger partial charge in [-0.15, -0.1) is 0 Å². The Labute approximate surface area is 106 Å². The average Bonchev–Trinajstić information content (AvgIpc) is 2.12. The van der Waals surface area contributed by atoms with Crippen molar-refractivity contribution in [2.75, 3.05) is 0 Å². The van der Waals surface area contributed by atoms with Crippen molar-refractivity contribution in [1.82, 2.24) is 0 Å². The van der Waals surface area contributed by atoms with Gasteiger partial charge in [-0.3, -0.25) is 0 Å². The van der Waals surface area contributed by atoms with E-state index in [-0.39, 0.29) is 29.6 Å². The number of phenols is 1. The second-order valence-corrected chi connectivity index (χ2v) is 3.40. The van der Waals surface area contributed by atoms with Crippen LogP contribution in [0, 0.1) is 13.8 Å². The molecule has 0 bridgehead atoms. The minimum absolute atomic E-state index is 0. The molecule has 1 nitrogen and oxygen atoms in total.